The largest absolute Gasteiger partial charge is 0.371 e. The van der Waals surface area contributed by atoms with Gasteiger partial charge in [-0.05, 0) is 49.2 Å². The normalized spacial score (nSPS) is 16.7. The lowest BCUT2D eigenvalue weighted by molar-refractivity contribution is -0.120. The Morgan fingerprint density at radius 2 is 1.14 bits per heavy atom. The molecule has 0 unspecified atom stereocenters. The van der Waals surface area contributed by atoms with E-state index < -0.39 is 0 Å². The number of anilines is 3. The molecule has 0 bridgehead atoms. The summed E-state index contributed by atoms with van der Waals surface area (Å²) in [7, 11) is 0. The summed E-state index contributed by atoms with van der Waals surface area (Å²) in [6.45, 7) is 4.62. The fourth-order valence-electron chi connectivity index (χ4n) is 5.03. The number of hydrogen-bond donors (Lipinski definition) is 1. The maximum atomic E-state index is 13.4. The highest BCUT2D eigenvalue weighted by molar-refractivity contribution is 6.04. The number of nitrogens with one attached hydrogen (secondary N) is 1. The molecule has 0 aromatic heterocycles. The lowest BCUT2D eigenvalue weighted by Gasteiger charge is -2.36. The maximum Gasteiger partial charge on any atom is 0.256 e. The van der Waals surface area contributed by atoms with Crippen LogP contribution in [0.1, 0.15) is 23.2 Å². The summed E-state index contributed by atoms with van der Waals surface area (Å²) in [4.78, 5) is 33.0. The molecule has 180 valence electrons. The van der Waals surface area contributed by atoms with E-state index in [2.05, 4.69) is 39.4 Å². The number of hydrogen-bond acceptors (Lipinski definition) is 4. The van der Waals surface area contributed by atoms with Gasteiger partial charge in [-0.3, -0.25) is 9.59 Å². The van der Waals surface area contributed by atoms with E-state index in [4.69, 9.17) is 0 Å². The van der Waals surface area contributed by atoms with Crippen LogP contribution >= 0.6 is 0 Å². The second-order valence-corrected chi connectivity index (χ2v) is 9.25. The van der Waals surface area contributed by atoms with E-state index in [-0.39, 0.29) is 17.7 Å². The van der Waals surface area contributed by atoms with E-state index in [0.29, 0.717) is 24.3 Å². The van der Waals surface area contributed by atoms with Crippen molar-refractivity contribution in [2.75, 3.05) is 54.4 Å². The Morgan fingerprint density at radius 1 is 0.629 bits per heavy atom. The molecule has 35 heavy (non-hydrogen) atoms. The summed E-state index contributed by atoms with van der Waals surface area (Å²) in [5.74, 6) is -0.0631. The minimum atomic E-state index is -0.0486. The second kappa shape index (κ2) is 10.6. The fourth-order valence-corrected chi connectivity index (χ4v) is 5.03. The monoisotopic (exact) mass is 468 g/mol. The molecule has 1 N–H and O–H groups in total. The van der Waals surface area contributed by atoms with Gasteiger partial charge in [0.2, 0.25) is 5.91 Å². The first-order chi connectivity index (χ1) is 17.2. The smallest absolute Gasteiger partial charge is 0.256 e. The summed E-state index contributed by atoms with van der Waals surface area (Å²) in [6, 6.07) is 28.0. The third kappa shape index (κ3) is 5.32. The summed E-state index contributed by atoms with van der Waals surface area (Å²) < 4.78 is 0. The number of benzene rings is 3. The Kier molecular flexibility index (Phi) is 6.98. The van der Waals surface area contributed by atoms with Crippen LogP contribution in [0.3, 0.4) is 0 Å². The minimum absolute atomic E-state index is 0.00635. The summed E-state index contributed by atoms with van der Waals surface area (Å²) in [6.07, 6.45) is 1.61. The molecule has 2 aliphatic heterocycles. The number of piperazine rings is 1. The molecule has 2 amide bonds. The van der Waals surface area contributed by atoms with E-state index in [1.54, 1.807) is 0 Å². The molecule has 6 nitrogen and oxygen atoms in total. The van der Waals surface area contributed by atoms with Gasteiger partial charge in [0.15, 0.2) is 0 Å². The molecule has 0 radical (unpaired) electrons. The molecule has 3 aromatic carbocycles. The summed E-state index contributed by atoms with van der Waals surface area (Å²) >= 11 is 0. The Bertz CT molecular complexity index is 1140. The first-order valence-corrected chi connectivity index (χ1v) is 12.5. The van der Waals surface area contributed by atoms with Crippen LogP contribution in [0.15, 0.2) is 84.9 Å². The van der Waals surface area contributed by atoms with E-state index in [1.165, 1.54) is 11.4 Å². The lowest BCUT2D eigenvalue weighted by Crippen LogP contribution is -2.49. The van der Waals surface area contributed by atoms with Crippen molar-refractivity contribution in [3.8, 4) is 0 Å². The van der Waals surface area contributed by atoms with Crippen molar-refractivity contribution in [2.24, 2.45) is 5.92 Å². The second-order valence-electron chi connectivity index (χ2n) is 9.25. The third-order valence-electron chi connectivity index (χ3n) is 7.09. The third-order valence-corrected chi connectivity index (χ3v) is 7.09. The predicted molar refractivity (Wildman–Crippen MR) is 141 cm³/mol. The van der Waals surface area contributed by atoms with Gasteiger partial charge in [-0.25, -0.2) is 0 Å². The highest BCUT2D eigenvalue weighted by Gasteiger charge is 2.28. The first kappa shape index (κ1) is 23.0. The van der Waals surface area contributed by atoms with Crippen molar-refractivity contribution < 1.29 is 9.59 Å². The van der Waals surface area contributed by atoms with Gasteiger partial charge in [-0.1, -0.05) is 48.5 Å². The maximum absolute atomic E-state index is 13.4. The van der Waals surface area contributed by atoms with Gasteiger partial charge in [-0.2, -0.15) is 0 Å². The summed E-state index contributed by atoms with van der Waals surface area (Å²) in [5, 5.41) is 3.07. The number of amides is 2. The van der Waals surface area contributed by atoms with Gasteiger partial charge < -0.3 is 20.0 Å². The van der Waals surface area contributed by atoms with Crippen molar-refractivity contribution in [3.05, 3.63) is 90.5 Å². The molecule has 5 rings (SSSR count). The van der Waals surface area contributed by atoms with E-state index >= 15 is 0 Å². The number of rotatable bonds is 5. The van der Waals surface area contributed by atoms with Gasteiger partial charge in [0.1, 0.15) is 0 Å². The van der Waals surface area contributed by atoms with Gasteiger partial charge in [0.05, 0.1) is 11.3 Å². The van der Waals surface area contributed by atoms with Crippen LogP contribution in [0.4, 0.5) is 17.1 Å². The zero-order valence-electron chi connectivity index (χ0n) is 20.0. The summed E-state index contributed by atoms with van der Waals surface area (Å²) in [5.41, 5.74) is 3.56. The standard InChI is InChI=1S/C29H32N4O2/c34-28(23-15-17-31(18-16-23)24-9-3-1-4-10-24)30-27-14-8-7-13-26(27)29(35)33-21-19-32(20-22-33)25-11-5-2-6-12-25/h1-14,23H,15-22H2,(H,30,34). The Morgan fingerprint density at radius 3 is 1.74 bits per heavy atom. The van der Waals surface area contributed by atoms with Gasteiger partial charge in [0.25, 0.3) is 5.91 Å². The molecule has 2 fully saturated rings. The molecule has 0 atom stereocenters. The van der Waals surface area contributed by atoms with Crippen LogP contribution in [-0.4, -0.2) is 56.0 Å². The number of piperidine rings is 1. The van der Waals surface area contributed by atoms with Crippen molar-refractivity contribution in [2.45, 2.75) is 12.8 Å². The molecule has 0 saturated carbocycles. The first-order valence-electron chi connectivity index (χ1n) is 12.5. The predicted octanol–water partition coefficient (Wildman–Crippen LogP) is 4.50. The molecule has 0 spiro atoms. The van der Waals surface area contributed by atoms with Crippen molar-refractivity contribution in [3.63, 3.8) is 0 Å². The van der Waals surface area contributed by atoms with Crippen LogP contribution in [0.2, 0.25) is 0 Å². The van der Waals surface area contributed by atoms with E-state index in [9.17, 15) is 9.59 Å². The molecule has 0 aliphatic carbocycles. The highest BCUT2D eigenvalue weighted by Crippen LogP contribution is 2.26. The number of nitrogens with zero attached hydrogens (tertiary/aromatic N) is 3. The SMILES string of the molecule is O=C(Nc1ccccc1C(=O)N1CCN(c2ccccc2)CC1)C1CCN(c2ccccc2)CC1. The number of carbonyl (C=O) groups excluding carboxylic acids is 2. The van der Waals surface area contributed by atoms with Crippen molar-refractivity contribution >= 4 is 28.9 Å². The van der Waals surface area contributed by atoms with E-state index in [1.807, 2.05) is 65.6 Å². The number of para-hydroxylation sites is 3. The Hall–Kier alpha value is -3.80. The average Bonchev–Trinajstić information content (AvgIpc) is 2.94. The van der Waals surface area contributed by atoms with Crippen LogP contribution < -0.4 is 15.1 Å². The van der Waals surface area contributed by atoms with Gasteiger partial charge in [0, 0.05) is 56.6 Å². The van der Waals surface area contributed by atoms with Crippen molar-refractivity contribution in [1.82, 2.24) is 4.90 Å². The fraction of sp³-hybridized carbons (Fsp3) is 0.310. The van der Waals surface area contributed by atoms with Crippen LogP contribution in [0, 0.1) is 5.92 Å². The zero-order chi connectivity index (χ0) is 24.0. The molecule has 2 heterocycles. The Balaban J connectivity index is 1.19. The quantitative estimate of drug-likeness (QED) is 0.599. The minimum Gasteiger partial charge on any atom is -0.371 e. The molecular weight excluding hydrogens is 436 g/mol. The molecule has 2 aliphatic rings. The average molecular weight is 469 g/mol. The zero-order valence-corrected chi connectivity index (χ0v) is 20.0. The molecule has 6 heteroatoms. The van der Waals surface area contributed by atoms with Crippen LogP contribution in [-0.2, 0) is 4.79 Å². The molecule has 2 saturated heterocycles. The van der Waals surface area contributed by atoms with Crippen molar-refractivity contribution in [1.29, 1.82) is 0 Å². The van der Waals surface area contributed by atoms with Gasteiger partial charge in [-0.15, -0.1) is 0 Å². The topological polar surface area (TPSA) is 55.9 Å². The van der Waals surface area contributed by atoms with Crippen LogP contribution in [0.5, 0.6) is 0 Å². The number of carbonyl (C=O) groups is 2. The lowest BCUT2D eigenvalue weighted by atomic mass is 9.95. The molecule has 3 aromatic rings. The van der Waals surface area contributed by atoms with E-state index in [0.717, 1.165) is 39.0 Å². The molecular formula is C29H32N4O2. The Labute approximate surface area is 207 Å². The van der Waals surface area contributed by atoms with Crippen LogP contribution in [0.25, 0.3) is 0 Å². The highest BCUT2D eigenvalue weighted by atomic mass is 16.2. The van der Waals surface area contributed by atoms with Gasteiger partial charge >= 0.3 is 0 Å².